The number of rotatable bonds is 4. The van der Waals surface area contributed by atoms with Gasteiger partial charge in [0.25, 0.3) is 5.91 Å². The van der Waals surface area contributed by atoms with Crippen molar-refractivity contribution >= 4 is 17.8 Å². The maximum Gasteiger partial charge on any atom is 0.325 e. The standard InChI is InChI=1S/C19H19N3O3/c1-12-6-3-4-9-15(12)19(2)17(24)22(18(25)21-19)11-13-7-5-8-14(10-13)16(20)23/h3-10H,11H2,1-2H3,(H2,20,23)(H,21,25)/t19-/m0/s1. The third-order valence-electron chi connectivity index (χ3n) is 4.51. The molecule has 0 radical (unpaired) electrons. The van der Waals surface area contributed by atoms with E-state index in [-0.39, 0.29) is 12.5 Å². The number of benzene rings is 2. The number of urea groups is 1. The van der Waals surface area contributed by atoms with Crippen LogP contribution in [0.2, 0.25) is 0 Å². The van der Waals surface area contributed by atoms with Crippen molar-refractivity contribution in [2.75, 3.05) is 0 Å². The molecule has 6 heteroatoms. The number of imide groups is 1. The summed E-state index contributed by atoms with van der Waals surface area (Å²) in [5.41, 5.74) is 6.87. The molecule has 0 spiro atoms. The first-order chi connectivity index (χ1) is 11.8. The second-order valence-corrected chi connectivity index (χ2v) is 6.33. The van der Waals surface area contributed by atoms with Gasteiger partial charge in [-0.05, 0) is 42.7 Å². The number of carbonyl (C=O) groups excluding carboxylic acids is 3. The van der Waals surface area contributed by atoms with Gasteiger partial charge in [-0.25, -0.2) is 4.79 Å². The molecule has 128 valence electrons. The summed E-state index contributed by atoms with van der Waals surface area (Å²) in [7, 11) is 0. The Kier molecular flexibility index (Phi) is 4.04. The van der Waals surface area contributed by atoms with E-state index < -0.39 is 17.5 Å². The Labute approximate surface area is 145 Å². The van der Waals surface area contributed by atoms with Crippen LogP contribution < -0.4 is 11.1 Å². The lowest BCUT2D eigenvalue weighted by Crippen LogP contribution is -2.41. The molecule has 3 N–H and O–H groups in total. The predicted molar refractivity (Wildman–Crippen MR) is 92.6 cm³/mol. The van der Waals surface area contributed by atoms with Crippen LogP contribution in [0.4, 0.5) is 4.79 Å². The molecule has 0 bridgehead atoms. The predicted octanol–water partition coefficient (Wildman–Crippen LogP) is 2.06. The summed E-state index contributed by atoms with van der Waals surface area (Å²) in [6, 6.07) is 13.6. The van der Waals surface area contributed by atoms with Gasteiger partial charge in [0.1, 0.15) is 5.54 Å². The van der Waals surface area contributed by atoms with Crippen molar-refractivity contribution in [2.45, 2.75) is 25.9 Å². The molecule has 3 rings (SSSR count). The molecule has 1 saturated heterocycles. The summed E-state index contributed by atoms with van der Waals surface area (Å²) in [4.78, 5) is 37.8. The Bertz CT molecular complexity index is 878. The Morgan fingerprint density at radius 1 is 1.16 bits per heavy atom. The SMILES string of the molecule is Cc1ccccc1[C@]1(C)NC(=O)N(Cc2cccc(C(N)=O)c2)C1=O. The van der Waals surface area contributed by atoms with Gasteiger partial charge in [0.2, 0.25) is 5.91 Å². The van der Waals surface area contributed by atoms with Gasteiger partial charge in [0.15, 0.2) is 0 Å². The normalized spacial score (nSPS) is 19.8. The molecule has 25 heavy (non-hydrogen) atoms. The lowest BCUT2D eigenvalue weighted by Gasteiger charge is -2.24. The summed E-state index contributed by atoms with van der Waals surface area (Å²) >= 11 is 0. The first kappa shape index (κ1) is 16.7. The number of hydrogen-bond acceptors (Lipinski definition) is 3. The van der Waals surface area contributed by atoms with Crippen LogP contribution in [0.15, 0.2) is 48.5 Å². The molecule has 1 aliphatic rings. The van der Waals surface area contributed by atoms with Crippen LogP contribution in [0.25, 0.3) is 0 Å². The highest BCUT2D eigenvalue weighted by atomic mass is 16.2. The maximum absolute atomic E-state index is 13.0. The van der Waals surface area contributed by atoms with Gasteiger partial charge >= 0.3 is 6.03 Å². The van der Waals surface area contributed by atoms with Gasteiger partial charge in [-0.1, -0.05) is 36.4 Å². The summed E-state index contributed by atoms with van der Waals surface area (Å²) in [5, 5.41) is 2.79. The fraction of sp³-hybridized carbons (Fsp3) is 0.211. The number of hydrogen-bond donors (Lipinski definition) is 2. The highest BCUT2D eigenvalue weighted by Crippen LogP contribution is 2.31. The van der Waals surface area contributed by atoms with Crippen molar-refractivity contribution < 1.29 is 14.4 Å². The monoisotopic (exact) mass is 337 g/mol. The van der Waals surface area contributed by atoms with Crippen LogP contribution >= 0.6 is 0 Å². The van der Waals surface area contributed by atoms with E-state index in [4.69, 9.17) is 5.73 Å². The van der Waals surface area contributed by atoms with Crippen LogP contribution in [-0.4, -0.2) is 22.7 Å². The summed E-state index contributed by atoms with van der Waals surface area (Å²) < 4.78 is 0. The molecule has 4 amide bonds. The number of primary amides is 1. The minimum absolute atomic E-state index is 0.0766. The van der Waals surface area contributed by atoms with E-state index in [9.17, 15) is 14.4 Å². The molecule has 2 aromatic rings. The minimum Gasteiger partial charge on any atom is -0.366 e. The zero-order valence-corrected chi connectivity index (χ0v) is 14.1. The fourth-order valence-electron chi connectivity index (χ4n) is 3.16. The Hall–Kier alpha value is -3.15. The highest BCUT2D eigenvalue weighted by molar-refractivity contribution is 6.07. The third-order valence-corrected chi connectivity index (χ3v) is 4.51. The van der Waals surface area contributed by atoms with E-state index in [2.05, 4.69) is 5.32 Å². The van der Waals surface area contributed by atoms with Gasteiger partial charge in [-0.3, -0.25) is 14.5 Å². The average Bonchev–Trinajstić information content (AvgIpc) is 2.79. The molecular formula is C19H19N3O3. The summed E-state index contributed by atoms with van der Waals surface area (Å²) in [6.45, 7) is 3.68. The van der Waals surface area contributed by atoms with Crippen molar-refractivity contribution in [3.05, 3.63) is 70.8 Å². The molecular weight excluding hydrogens is 318 g/mol. The lowest BCUT2D eigenvalue weighted by atomic mass is 9.88. The van der Waals surface area contributed by atoms with Crippen LogP contribution in [-0.2, 0) is 16.9 Å². The molecule has 6 nitrogen and oxygen atoms in total. The zero-order chi connectivity index (χ0) is 18.2. The highest BCUT2D eigenvalue weighted by Gasteiger charge is 2.49. The van der Waals surface area contributed by atoms with Crippen molar-refractivity contribution in [1.82, 2.24) is 10.2 Å². The number of aryl methyl sites for hydroxylation is 1. The zero-order valence-electron chi connectivity index (χ0n) is 14.1. The molecule has 0 aromatic heterocycles. The number of nitrogens with two attached hydrogens (primary N) is 1. The quantitative estimate of drug-likeness (QED) is 0.837. The van der Waals surface area contributed by atoms with E-state index in [1.165, 1.54) is 0 Å². The van der Waals surface area contributed by atoms with Crippen molar-refractivity contribution in [1.29, 1.82) is 0 Å². The van der Waals surface area contributed by atoms with E-state index in [0.717, 1.165) is 16.0 Å². The van der Waals surface area contributed by atoms with Crippen LogP contribution in [0.5, 0.6) is 0 Å². The Morgan fingerprint density at radius 2 is 1.88 bits per heavy atom. The molecule has 1 heterocycles. The van der Waals surface area contributed by atoms with Gasteiger partial charge < -0.3 is 11.1 Å². The first-order valence-electron chi connectivity index (χ1n) is 7.92. The number of amides is 4. The fourth-order valence-corrected chi connectivity index (χ4v) is 3.16. The minimum atomic E-state index is -1.11. The topological polar surface area (TPSA) is 92.5 Å². The van der Waals surface area contributed by atoms with Crippen molar-refractivity contribution in [2.24, 2.45) is 5.73 Å². The lowest BCUT2D eigenvalue weighted by molar-refractivity contribution is -0.131. The van der Waals surface area contributed by atoms with Gasteiger partial charge in [0.05, 0.1) is 6.54 Å². The molecule has 2 aromatic carbocycles. The second-order valence-electron chi connectivity index (χ2n) is 6.33. The van der Waals surface area contributed by atoms with Crippen LogP contribution in [0.3, 0.4) is 0 Å². The molecule has 1 aliphatic heterocycles. The molecule has 0 aliphatic carbocycles. The van der Waals surface area contributed by atoms with Crippen molar-refractivity contribution in [3.8, 4) is 0 Å². The second kappa shape index (κ2) is 6.05. The van der Waals surface area contributed by atoms with Gasteiger partial charge in [-0.15, -0.1) is 0 Å². The summed E-state index contributed by atoms with van der Waals surface area (Å²) in [6.07, 6.45) is 0. The smallest absolute Gasteiger partial charge is 0.325 e. The number of nitrogens with zero attached hydrogens (tertiary/aromatic N) is 1. The number of carbonyl (C=O) groups is 3. The first-order valence-corrected chi connectivity index (χ1v) is 7.92. The van der Waals surface area contributed by atoms with Crippen LogP contribution in [0, 0.1) is 6.92 Å². The van der Waals surface area contributed by atoms with E-state index in [0.29, 0.717) is 11.1 Å². The molecule has 0 unspecified atom stereocenters. The van der Waals surface area contributed by atoms with E-state index >= 15 is 0 Å². The van der Waals surface area contributed by atoms with E-state index in [1.807, 2.05) is 31.2 Å². The maximum atomic E-state index is 13.0. The van der Waals surface area contributed by atoms with Crippen molar-refractivity contribution in [3.63, 3.8) is 0 Å². The molecule has 0 saturated carbocycles. The van der Waals surface area contributed by atoms with Crippen LogP contribution in [0.1, 0.15) is 34.0 Å². The molecule has 1 atom stereocenters. The van der Waals surface area contributed by atoms with Gasteiger partial charge in [-0.2, -0.15) is 0 Å². The van der Waals surface area contributed by atoms with Gasteiger partial charge in [0, 0.05) is 5.56 Å². The Balaban J connectivity index is 1.91. The average molecular weight is 337 g/mol. The van der Waals surface area contributed by atoms with E-state index in [1.54, 1.807) is 31.2 Å². The Morgan fingerprint density at radius 3 is 2.56 bits per heavy atom. The number of nitrogens with one attached hydrogen (secondary N) is 1. The third kappa shape index (κ3) is 2.87. The summed E-state index contributed by atoms with van der Waals surface area (Å²) in [5.74, 6) is -0.875. The molecule has 1 fully saturated rings. The largest absolute Gasteiger partial charge is 0.366 e.